The van der Waals surface area contributed by atoms with Crippen molar-refractivity contribution in [3.05, 3.63) is 53.1 Å². The average molecular weight is 238 g/mol. The zero-order valence-electron chi connectivity index (χ0n) is 10.4. The lowest BCUT2D eigenvalue weighted by Crippen LogP contribution is -2.10. The summed E-state index contributed by atoms with van der Waals surface area (Å²) in [6.45, 7) is 3.99. The summed E-state index contributed by atoms with van der Waals surface area (Å²) in [5, 5.41) is 6.25. The highest BCUT2D eigenvalue weighted by atomic mass is 16.1. The van der Waals surface area contributed by atoms with Gasteiger partial charge in [-0.2, -0.15) is 0 Å². The number of nitrogens with one attached hydrogen (secondary N) is 2. The molecule has 0 saturated carbocycles. The van der Waals surface area contributed by atoms with Crippen LogP contribution in [0.5, 0.6) is 0 Å². The zero-order chi connectivity index (χ0) is 12.7. The third kappa shape index (κ3) is 1.74. The molecule has 1 aliphatic rings. The predicted octanol–water partition coefficient (Wildman–Crippen LogP) is 3.61. The first-order chi connectivity index (χ1) is 8.63. The van der Waals surface area contributed by atoms with Crippen molar-refractivity contribution in [2.45, 2.75) is 13.8 Å². The average Bonchev–Trinajstić information content (AvgIpc) is 2.46. The van der Waals surface area contributed by atoms with E-state index in [0.29, 0.717) is 5.56 Å². The van der Waals surface area contributed by atoms with Gasteiger partial charge < -0.3 is 10.6 Å². The first-order valence-corrected chi connectivity index (χ1v) is 5.93. The Bertz CT molecular complexity index is 647. The van der Waals surface area contributed by atoms with E-state index in [0.717, 1.165) is 28.2 Å². The maximum Gasteiger partial charge on any atom is 0.257 e. The minimum Gasteiger partial charge on any atom is -0.353 e. The van der Waals surface area contributed by atoms with Crippen molar-refractivity contribution in [3.63, 3.8) is 0 Å². The topological polar surface area (TPSA) is 41.1 Å². The second-order valence-corrected chi connectivity index (χ2v) is 4.68. The van der Waals surface area contributed by atoms with Gasteiger partial charge in [0.25, 0.3) is 5.91 Å². The van der Waals surface area contributed by atoms with Crippen molar-refractivity contribution in [2.75, 3.05) is 10.6 Å². The zero-order valence-corrected chi connectivity index (χ0v) is 10.4. The molecule has 3 heteroatoms. The van der Waals surface area contributed by atoms with Gasteiger partial charge in [0.05, 0.1) is 22.6 Å². The Balaban J connectivity index is 2.16. The van der Waals surface area contributed by atoms with Crippen LogP contribution in [-0.4, -0.2) is 5.91 Å². The summed E-state index contributed by atoms with van der Waals surface area (Å²) in [5.74, 6) is -0.0643. The minimum atomic E-state index is -0.0643. The Labute approximate surface area is 106 Å². The summed E-state index contributed by atoms with van der Waals surface area (Å²) in [4.78, 5) is 12.2. The first-order valence-electron chi connectivity index (χ1n) is 5.93. The molecule has 0 fully saturated rings. The third-order valence-electron chi connectivity index (χ3n) is 3.11. The van der Waals surface area contributed by atoms with Crippen molar-refractivity contribution in [1.29, 1.82) is 0 Å². The fourth-order valence-corrected chi connectivity index (χ4v) is 2.16. The molecule has 0 atom stereocenters. The number of fused-ring (bicyclic) bond motifs is 2. The molecule has 0 spiro atoms. The van der Waals surface area contributed by atoms with Gasteiger partial charge in [-0.1, -0.05) is 17.7 Å². The van der Waals surface area contributed by atoms with Crippen molar-refractivity contribution in [3.8, 4) is 0 Å². The summed E-state index contributed by atoms with van der Waals surface area (Å²) in [7, 11) is 0. The molecule has 1 amide bonds. The van der Waals surface area contributed by atoms with Crippen molar-refractivity contribution in [2.24, 2.45) is 0 Å². The lowest BCUT2D eigenvalue weighted by atomic mass is 10.1. The van der Waals surface area contributed by atoms with Crippen LogP contribution >= 0.6 is 0 Å². The van der Waals surface area contributed by atoms with E-state index in [2.05, 4.69) is 10.6 Å². The molecular weight excluding hydrogens is 224 g/mol. The fraction of sp³-hybridized carbons (Fsp3) is 0.133. The van der Waals surface area contributed by atoms with Crippen LogP contribution in [0.15, 0.2) is 36.4 Å². The van der Waals surface area contributed by atoms with E-state index in [-0.39, 0.29) is 5.91 Å². The van der Waals surface area contributed by atoms with E-state index in [4.69, 9.17) is 0 Å². The Hall–Kier alpha value is -2.29. The number of carbonyl (C=O) groups excluding carboxylic acids is 1. The highest BCUT2D eigenvalue weighted by Gasteiger charge is 2.18. The largest absolute Gasteiger partial charge is 0.353 e. The molecule has 0 saturated heterocycles. The number of carbonyl (C=O) groups is 1. The van der Waals surface area contributed by atoms with Crippen LogP contribution in [0.2, 0.25) is 0 Å². The number of hydrogen-bond acceptors (Lipinski definition) is 2. The van der Waals surface area contributed by atoms with E-state index < -0.39 is 0 Å². The van der Waals surface area contributed by atoms with E-state index in [9.17, 15) is 4.79 Å². The molecule has 1 aliphatic heterocycles. The molecule has 3 nitrogen and oxygen atoms in total. The van der Waals surface area contributed by atoms with Crippen molar-refractivity contribution < 1.29 is 4.79 Å². The number of anilines is 3. The number of amides is 1. The number of aryl methyl sites for hydroxylation is 2. The van der Waals surface area contributed by atoms with Gasteiger partial charge in [0.15, 0.2) is 0 Å². The SMILES string of the molecule is Cc1ccc2c(c1)NC(=O)c1cc(C)ccc1N2. The van der Waals surface area contributed by atoms with Gasteiger partial charge in [0.2, 0.25) is 0 Å². The van der Waals surface area contributed by atoms with E-state index in [1.165, 1.54) is 0 Å². The first kappa shape index (κ1) is 10.8. The molecule has 1 heterocycles. The van der Waals surface area contributed by atoms with Gasteiger partial charge in [0, 0.05) is 0 Å². The van der Waals surface area contributed by atoms with Crippen LogP contribution in [0.25, 0.3) is 0 Å². The maximum atomic E-state index is 12.2. The molecule has 2 aromatic carbocycles. The summed E-state index contributed by atoms with van der Waals surface area (Å²) < 4.78 is 0. The number of benzene rings is 2. The van der Waals surface area contributed by atoms with Gasteiger partial charge >= 0.3 is 0 Å². The van der Waals surface area contributed by atoms with Crippen LogP contribution in [0.1, 0.15) is 21.5 Å². The molecular formula is C15H14N2O. The van der Waals surface area contributed by atoms with Gasteiger partial charge in [-0.25, -0.2) is 0 Å². The molecule has 0 aliphatic carbocycles. The molecule has 18 heavy (non-hydrogen) atoms. The predicted molar refractivity (Wildman–Crippen MR) is 73.6 cm³/mol. The molecule has 2 aromatic rings. The van der Waals surface area contributed by atoms with Gasteiger partial charge in [-0.3, -0.25) is 4.79 Å². The molecule has 90 valence electrons. The molecule has 3 rings (SSSR count). The van der Waals surface area contributed by atoms with Crippen LogP contribution in [0.3, 0.4) is 0 Å². The molecule has 0 bridgehead atoms. The fourth-order valence-electron chi connectivity index (χ4n) is 2.16. The van der Waals surface area contributed by atoms with Crippen molar-refractivity contribution in [1.82, 2.24) is 0 Å². The Morgan fingerprint density at radius 2 is 1.44 bits per heavy atom. The second kappa shape index (κ2) is 3.88. The maximum absolute atomic E-state index is 12.2. The standard InChI is InChI=1S/C15H14N2O/c1-9-3-5-12-11(7-9)15(18)17-14-8-10(2)4-6-13(14)16-12/h3-8,16H,1-2H3,(H,17,18). The second-order valence-electron chi connectivity index (χ2n) is 4.68. The Morgan fingerprint density at radius 1 is 0.778 bits per heavy atom. The molecule has 2 N–H and O–H groups in total. The quantitative estimate of drug-likeness (QED) is 0.736. The highest BCUT2D eigenvalue weighted by Crippen LogP contribution is 2.32. The summed E-state index contributed by atoms with van der Waals surface area (Å²) in [5.41, 5.74) is 5.49. The molecule has 0 radical (unpaired) electrons. The van der Waals surface area contributed by atoms with Gasteiger partial charge in [-0.05, 0) is 43.7 Å². The van der Waals surface area contributed by atoms with Crippen LogP contribution in [-0.2, 0) is 0 Å². The number of rotatable bonds is 0. The van der Waals surface area contributed by atoms with E-state index in [1.54, 1.807) is 0 Å². The highest BCUT2D eigenvalue weighted by molar-refractivity contribution is 6.12. The monoisotopic (exact) mass is 238 g/mol. The van der Waals surface area contributed by atoms with Crippen LogP contribution in [0, 0.1) is 13.8 Å². The van der Waals surface area contributed by atoms with E-state index >= 15 is 0 Å². The Kier molecular flexibility index (Phi) is 2.33. The summed E-state index contributed by atoms with van der Waals surface area (Å²) in [6, 6.07) is 11.8. The lowest BCUT2D eigenvalue weighted by Gasteiger charge is -2.09. The van der Waals surface area contributed by atoms with Crippen molar-refractivity contribution >= 4 is 23.0 Å². The minimum absolute atomic E-state index is 0.0643. The van der Waals surface area contributed by atoms with Gasteiger partial charge in [0.1, 0.15) is 0 Å². The smallest absolute Gasteiger partial charge is 0.257 e. The van der Waals surface area contributed by atoms with Crippen LogP contribution in [0.4, 0.5) is 17.1 Å². The normalized spacial score (nSPS) is 12.9. The molecule has 0 unspecified atom stereocenters. The molecule has 0 aromatic heterocycles. The summed E-state index contributed by atoms with van der Waals surface area (Å²) >= 11 is 0. The number of hydrogen-bond donors (Lipinski definition) is 2. The third-order valence-corrected chi connectivity index (χ3v) is 3.11. The van der Waals surface area contributed by atoms with E-state index in [1.807, 2.05) is 50.2 Å². The summed E-state index contributed by atoms with van der Waals surface area (Å²) in [6.07, 6.45) is 0. The lowest BCUT2D eigenvalue weighted by molar-refractivity contribution is 0.102. The van der Waals surface area contributed by atoms with Crippen LogP contribution < -0.4 is 10.6 Å². The Morgan fingerprint density at radius 3 is 2.22 bits per heavy atom. The van der Waals surface area contributed by atoms with Gasteiger partial charge in [-0.15, -0.1) is 0 Å².